The highest BCUT2D eigenvalue weighted by Crippen LogP contribution is 2.23. The molecule has 0 radical (unpaired) electrons. The average molecular weight is 286 g/mol. The van der Waals surface area contributed by atoms with Crippen LogP contribution in [0.15, 0.2) is 30.3 Å². The lowest BCUT2D eigenvalue weighted by Gasteiger charge is -2.25. The van der Waals surface area contributed by atoms with Crippen molar-refractivity contribution in [1.29, 1.82) is 0 Å². The maximum atomic E-state index is 12.0. The Hall–Kier alpha value is -1.44. The first-order valence-electron chi connectivity index (χ1n) is 5.69. The molecule has 1 amide bonds. The van der Waals surface area contributed by atoms with Crippen LogP contribution < -0.4 is 5.14 Å². The summed E-state index contributed by atoms with van der Waals surface area (Å²) in [6.07, 6.45) is -1.17. The Balaban J connectivity index is 3.06. The molecule has 2 unspecified atom stereocenters. The fourth-order valence-electron chi connectivity index (χ4n) is 1.67. The number of rotatable bonds is 5. The number of amides is 1. The van der Waals surface area contributed by atoms with E-state index in [1.807, 2.05) is 6.07 Å². The number of nitrogens with two attached hydrogens (primary N) is 1. The van der Waals surface area contributed by atoms with E-state index in [1.165, 1.54) is 19.0 Å². The Labute approximate surface area is 113 Å². The highest BCUT2D eigenvalue weighted by molar-refractivity contribution is 7.84. The second kappa shape index (κ2) is 6.14. The lowest BCUT2D eigenvalue weighted by Crippen LogP contribution is -2.41. The van der Waals surface area contributed by atoms with Gasteiger partial charge in [0.15, 0.2) is 6.10 Å². The molecule has 1 aromatic carbocycles. The quantitative estimate of drug-likeness (QED) is 0.852. The number of carbonyl (C=O) groups excluding carboxylic acids is 1. The molecule has 0 spiro atoms. The predicted molar refractivity (Wildman–Crippen MR) is 71.5 cm³/mol. The molecule has 1 aromatic rings. The summed E-state index contributed by atoms with van der Waals surface area (Å²) in [5.74, 6) is -0.889. The predicted octanol–water partition coefficient (Wildman–Crippen LogP) is 0.467. The molecule has 2 atom stereocenters. The number of benzene rings is 1. The van der Waals surface area contributed by atoms with Crippen molar-refractivity contribution in [3.63, 3.8) is 0 Å². The van der Waals surface area contributed by atoms with Gasteiger partial charge in [0.2, 0.25) is 0 Å². The summed E-state index contributed by atoms with van der Waals surface area (Å²) < 4.78 is 26.9. The third-order valence-corrected chi connectivity index (χ3v) is 3.18. The van der Waals surface area contributed by atoms with Crippen molar-refractivity contribution < 1.29 is 17.4 Å². The van der Waals surface area contributed by atoms with Crippen molar-refractivity contribution in [2.45, 2.75) is 18.9 Å². The van der Waals surface area contributed by atoms with Crippen LogP contribution >= 0.6 is 0 Å². The molecule has 19 heavy (non-hydrogen) atoms. The van der Waals surface area contributed by atoms with Gasteiger partial charge >= 0.3 is 10.3 Å². The fraction of sp³-hybridized carbons (Fsp3) is 0.417. The van der Waals surface area contributed by atoms with Crippen molar-refractivity contribution in [3.05, 3.63) is 35.9 Å². The van der Waals surface area contributed by atoms with Gasteiger partial charge in [-0.2, -0.15) is 8.42 Å². The fourth-order valence-corrected chi connectivity index (χ4v) is 2.21. The van der Waals surface area contributed by atoms with Gasteiger partial charge in [0.1, 0.15) is 0 Å². The summed E-state index contributed by atoms with van der Waals surface area (Å²) in [6.45, 7) is 1.71. The molecule has 0 aliphatic heterocycles. The SMILES string of the molecule is CC(c1ccccc1)C(OS(N)(=O)=O)C(=O)N(C)C. The van der Waals surface area contributed by atoms with Crippen molar-refractivity contribution >= 4 is 16.2 Å². The maximum Gasteiger partial charge on any atom is 0.334 e. The third kappa shape index (κ3) is 4.62. The molecule has 2 N–H and O–H groups in total. The standard InChI is InChI=1S/C12H18N2O4S/c1-9(10-7-5-4-6-8-10)11(12(15)14(2)3)18-19(13,16)17/h4-9,11H,1-3H3,(H2,13,16,17). The van der Waals surface area contributed by atoms with Gasteiger partial charge in [-0.1, -0.05) is 37.3 Å². The first-order chi connectivity index (χ1) is 8.72. The zero-order valence-electron chi connectivity index (χ0n) is 11.1. The van der Waals surface area contributed by atoms with Gasteiger partial charge in [-0.05, 0) is 5.56 Å². The van der Waals surface area contributed by atoms with E-state index in [2.05, 4.69) is 0 Å². The lowest BCUT2D eigenvalue weighted by molar-refractivity contribution is -0.136. The summed E-state index contributed by atoms with van der Waals surface area (Å²) in [7, 11) is -1.15. The van der Waals surface area contributed by atoms with Crippen LogP contribution in [0, 0.1) is 0 Å². The number of carbonyl (C=O) groups is 1. The Morgan fingerprint density at radius 2 is 1.79 bits per heavy atom. The van der Waals surface area contributed by atoms with Gasteiger partial charge in [-0.25, -0.2) is 9.32 Å². The van der Waals surface area contributed by atoms with Crippen LogP contribution in [-0.4, -0.2) is 39.4 Å². The van der Waals surface area contributed by atoms with E-state index in [-0.39, 0.29) is 0 Å². The topological polar surface area (TPSA) is 89.7 Å². The van der Waals surface area contributed by atoms with Crippen molar-refractivity contribution in [2.24, 2.45) is 5.14 Å². The van der Waals surface area contributed by atoms with E-state index >= 15 is 0 Å². The summed E-state index contributed by atoms with van der Waals surface area (Å²) in [5.41, 5.74) is 0.798. The van der Waals surface area contributed by atoms with Crippen LogP contribution in [0.2, 0.25) is 0 Å². The Morgan fingerprint density at radius 1 is 1.26 bits per heavy atom. The van der Waals surface area contributed by atoms with E-state index in [1.54, 1.807) is 31.2 Å². The van der Waals surface area contributed by atoms with Crippen molar-refractivity contribution in [3.8, 4) is 0 Å². The third-order valence-electron chi connectivity index (χ3n) is 2.70. The molecule has 0 aromatic heterocycles. The highest BCUT2D eigenvalue weighted by Gasteiger charge is 2.32. The van der Waals surface area contributed by atoms with E-state index in [9.17, 15) is 13.2 Å². The average Bonchev–Trinajstić information content (AvgIpc) is 2.34. The van der Waals surface area contributed by atoms with Gasteiger partial charge in [0.25, 0.3) is 5.91 Å². The number of hydrogen-bond donors (Lipinski definition) is 1. The molecule has 0 aliphatic rings. The molecule has 106 valence electrons. The molecule has 0 saturated heterocycles. The van der Waals surface area contributed by atoms with E-state index < -0.39 is 28.2 Å². The first kappa shape index (κ1) is 15.6. The second-order valence-electron chi connectivity index (χ2n) is 4.44. The van der Waals surface area contributed by atoms with Crippen LogP contribution in [0.25, 0.3) is 0 Å². The number of hydrogen-bond acceptors (Lipinski definition) is 4. The molecule has 0 heterocycles. The van der Waals surface area contributed by atoms with Crippen LogP contribution in [0.5, 0.6) is 0 Å². The van der Waals surface area contributed by atoms with Crippen LogP contribution in [0.4, 0.5) is 0 Å². The number of nitrogens with zero attached hydrogens (tertiary/aromatic N) is 1. The van der Waals surface area contributed by atoms with Gasteiger partial charge in [-0.3, -0.25) is 4.79 Å². The summed E-state index contributed by atoms with van der Waals surface area (Å²) in [5, 5.41) is 4.87. The maximum absolute atomic E-state index is 12.0. The lowest BCUT2D eigenvalue weighted by atomic mass is 9.95. The molecule has 1 rings (SSSR count). The minimum absolute atomic E-state index is 0.436. The van der Waals surface area contributed by atoms with Crippen molar-refractivity contribution in [2.75, 3.05) is 14.1 Å². The normalized spacial score (nSPS) is 14.7. The highest BCUT2D eigenvalue weighted by atomic mass is 32.2. The van der Waals surface area contributed by atoms with E-state index in [0.717, 1.165) is 5.56 Å². The summed E-state index contributed by atoms with van der Waals surface area (Å²) in [4.78, 5) is 13.3. The number of likely N-dealkylation sites (N-methyl/N-ethyl adjacent to an activating group) is 1. The summed E-state index contributed by atoms with van der Waals surface area (Å²) >= 11 is 0. The van der Waals surface area contributed by atoms with E-state index in [4.69, 9.17) is 9.32 Å². The largest absolute Gasteiger partial charge is 0.347 e. The molecule has 7 heteroatoms. The first-order valence-corrected chi connectivity index (χ1v) is 7.16. The molecular weight excluding hydrogens is 268 g/mol. The zero-order chi connectivity index (χ0) is 14.6. The smallest absolute Gasteiger partial charge is 0.334 e. The molecule has 0 bridgehead atoms. The Kier molecular flexibility index (Phi) is 5.04. The Bertz CT molecular complexity index is 528. The van der Waals surface area contributed by atoms with Gasteiger partial charge in [0.05, 0.1) is 0 Å². The second-order valence-corrected chi connectivity index (χ2v) is 5.62. The van der Waals surface area contributed by atoms with Crippen LogP contribution in [0.3, 0.4) is 0 Å². The van der Waals surface area contributed by atoms with Gasteiger partial charge in [0, 0.05) is 20.0 Å². The van der Waals surface area contributed by atoms with E-state index in [0.29, 0.717) is 0 Å². The van der Waals surface area contributed by atoms with Crippen LogP contribution in [-0.2, 0) is 19.3 Å². The van der Waals surface area contributed by atoms with Gasteiger partial charge in [-0.15, -0.1) is 0 Å². The molecule has 0 saturated carbocycles. The van der Waals surface area contributed by atoms with Crippen molar-refractivity contribution in [1.82, 2.24) is 4.90 Å². The Morgan fingerprint density at radius 3 is 2.21 bits per heavy atom. The zero-order valence-corrected chi connectivity index (χ0v) is 11.9. The molecule has 6 nitrogen and oxygen atoms in total. The molecular formula is C12H18N2O4S. The minimum Gasteiger partial charge on any atom is -0.347 e. The molecule has 0 fully saturated rings. The van der Waals surface area contributed by atoms with Crippen LogP contribution in [0.1, 0.15) is 18.4 Å². The monoisotopic (exact) mass is 286 g/mol. The molecule has 0 aliphatic carbocycles. The van der Waals surface area contributed by atoms with Gasteiger partial charge < -0.3 is 4.90 Å². The minimum atomic E-state index is -4.20. The summed E-state index contributed by atoms with van der Waals surface area (Å²) in [6, 6.07) is 9.04.